The molecule has 0 bridgehead atoms. The second-order valence-electron chi connectivity index (χ2n) is 5.73. The van der Waals surface area contributed by atoms with Crippen LogP contribution in [0.1, 0.15) is 56.9 Å². The molecule has 2 rings (SSSR count). The molecule has 1 aliphatic carbocycles. The van der Waals surface area contributed by atoms with Crippen LogP contribution >= 0.6 is 0 Å². The summed E-state index contributed by atoms with van der Waals surface area (Å²) in [4.78, 5) is 12.2. The Kier molecular flexibility index (Phi) is 4.62. The SMILES string of the molecule is CCCC[C@]1(C(=O)OC)CCC(c2ccccc2)C1. The number of benzene rings is 1. The highest BCUT2D eigenvalue weighted by Crippen LogP contribution is 2.50. The normalized spacial score (nSPS) is 26.3. The Balaban J connectivity index is 2.13. The van der Waals surface area contributed by atoms with Gasteiger partial charge in [-0.05, 0) is 37.2 Å². The largest absolute Gasteiger partial charge is 0.469 e. The average molecular weight is 260 g/mol. The zero-order valence-electron chi connectivity index (χ0n) is 12.0. The van der Waals surface area contributed by atoms with E-state index < -0.39 is 0 Å². The lowest BCUT2D eigenvalue weighted by atomic mass is 9.79. The van der Waals surface area contributed by atoms with Gasteiger partial charge in [-0.15, -0.1) is 0 Å². The Hall–Kier alpha value is -1.31. The van der Waals surface area contributed by atoms with E-state index in [-0.39, 0.29) is 11.4 Å². The molecule has 0 radical (unpaired) electrons. The molecule has 2 heteroatoms. The smallest absolute Gasteiger partial charge is 0.311 e. The fraction of sp³-hybridized carbons (Fsp3) is 0.588. The highest BCUT2D eigenvalue weighted by molar-refractivity contribution is 5.77. The molecule has 1 aliphatic rings. The van der Waals surface area contributed by atoms with Gasteiger partial charge in [0.1, 0.15) is 0 Å². The first-order valence-electron chi connectivity index (χ1n) is 7.35. The molecule has 1 saturated carbocycles. The van der Waals surface area contributed by atoms with Crippen molar-refractivity contribution in [3.05, 3.63) is 35.9 Å². The minimum Gasteiger partial charge on any atom is -0.469 e. The fourth-order valence-corrected chi connectivity index (χ4v) is 3.38. The lowest BCUT2D eigenvalue weighted by Gasteiger charge is -2.26. The molecule has 0 aliphatic heterocycles. The summed E-state index contributed by atoms with van der Waals surface area (Å²) in [5.74, 6) is 0.511. The van der Waals surface area contributed by atoms with E-state index in [1.165, 1.54) is 12.7 Å². The molecule has 0 amide bonds. The van der Waals surface area contributed by atoms with Crippen LogP contribution in [0, 0.1) is 5.41 Å². The molecule has 0 heterocycles. The minimum atomic E-state index is -0.231. The van der Waals surface area contributed by atoms with Crippen molar-refractivity contribution in [3.8, 4) is 0 Å². The number of hydrogen-bond donors (Lipinski definition) is 0. The lowest BCUT2D eigenvalue weighted by molar-refractivity contribution is -0.153. The summed E-state index contributed by atoms with van der Waals surface area (Å²) in [6.07, 6.45) is 6.23. The maximum atomic E-state index is 12.2. The number of hydrogen-bond acceptors (Lipinski definition) is 2. The second kappa shape index (κ2) is 6.23. The molecule has 104 valence electrons. The molecule has 0 aromatic heterocycles. The van der Waals surface area contributed by atoms with Gasteiger partial charge >= 0.3 is 5.97 Å². The predicted molar refractivity (Wildman–Crippen MR) is 77.0 cm³/mol. The van der Waals surface area contributed by atoms with Crippen molar-refractivity contribution in [2.24, 2.45) is 5.41 Å². The van der Waals surface area contributed by atoms with Crippen molar-refractivity contribution in [3.63, 3.8) is 0 Å². The van der Waals surface area contributed by atoms with Crippen LogP contribution in [0.15, 0.2) is 30.3 Å². The third-order valence-electron chi connectivity index (χ3n) is 4.51. The van der Waals surface area contributed by atoms with E-state index >= 15 is 0 Å². The number of carbonyl (C=O) groups excluding carboxylic acids is 1. The summed E-state index contributed by atoms with van der Waals surface area (Å²) in [5, 5.41) is 0. The molecule has 2 atom stereocenters. The number of ether oxygens (including phenoxy) is 1. The van der Waals surface area contributed by atoms with E-state index in [1.54, 1.807) is 0 Å². The zero-order chi connectivity index (χ0) is 13.7. The first-order valence-corrected chi connectivity index (χ1v) is 7.35. The van der Waals surface area contributed by atoms with Crippen molar-refractivity contribution in [1.82, 2.24) is 0 Å². The molecule has 19 heavy (non-hydrogen) atoms. The monoisotopic (exact) mass is 260 g/mol. The van der Waals surface area contributed by atoms with Crippen LogP contribution in [0.5, 0.6) is 0 Å². The number of esters is 1. The minimum absolute atomic E-state index is 0.000573. The van der Waals surface area contributed by atoms with Gasteiger partial charge in [0.25, 0.3) is 0 Å². The molecular formula is C17H24O2. The molecule has 0 spiro atoms. The quantitative estimate of drug-likeness (QED) is 0.738. The van der Waals surface area contributed by atoms with Crippen LogP contribution < -0.4 is 0 Å². The van der Waals surface area contributed by atoms with Gasteiger partial charge in [-0.25, -0.2) is 0 Å². The van der Waals surface area contributed by atoms with Crippen LogP contribution in [0.3, 0.4) is 0 Å². The molecule has 1 aromatic carbocycles. The van der Waals surface area contributed by atoms with Crippen molar-refractivity contribution >= 4 is 5.97 Å². The third-order valence-corrected chi connectivity index (χ3v) is 4.51. The number of rotatable bonds is 5. The van der Waals surface area contributed by atoms with Gasteiger partial charge in [0.2, 0.25) is 0 Å². The highest BCUT2D eigenvalue weighted by atomic mass is 16.5. The number of unbranched alkanes of at least 4 members (excludes halogenated alkanes) is 1. The van der Waals surface area contributed by atoms with E-state index in [2.05, 4.69) is 31.2 Å². The molecule has 1 fully saturated rings. The van der Waals surface area contributed by atoms with Crippen molar-refractivity contribution in [1.29, 1.82) is 0 Å². The van der Waals surface area contributed by atoms with Gasteiger partial charge in [0, 0.05) is 0 Å². The van der Waals surface area contributed by atoms with Gasteiger partial charge in [-0.2, -0.15) is 0 Å². The predicted octanol–water partition coefficient (Wildman–Crippen LogP) is 4.30. The Morgan fingerprint density at radius 3 is 2.74 bits per heavy atom. The molecule has 1 aromatic rings. The first-order chi connectivity index (χ1) is 9.22. The second-order valence-corrected chi connectivity index (χ2v) is 5.73. The Morgan fingerprint density at radius 2 is 2.11 bits per heavy atom. The molecule has 1 unspecified atom stereocenters. The summed E-state index contributed by atoms with van der Waals surface area (Å²) in [5.41, 5.74) is 1.13. The van der Waals surface area contributed by atoms with Gasteiger partial charge in [0.15, 0.2) is 0 Å². The standard InChI is InChI=1S/C17H24O2/c1-3-4-11-17(16(18)19-2)12-10-15(13-17)14-8-6-5-7-9-14/h5-9,15H,3-4,10-13H2,1-2H3/t15?,17-/m0/s1. The van der Waals surface area contributed by atoms with Crippen LogP contribution in [0.25, 0.3) is 0 Å². The van der Waals surface area contributed by atoms with Crippen LogP contribution in [0.2, 0.25) is 0 Å². The van der Waals surface area contributed by atoms with Crippen LogP contribution in [-0.4, -0.2) is 13.1 Å². The van der Waals surface area contributed by atoms with E-state index in [0.717, 1.165) is 38.5 Å². The Morgan fingerprint density at radius 1 is 1.37 bits per heavy atom. The summed E-state index contributed by atoms with van der Waals surface area (Å²) in [6.45, 7) is 2.18. The van der Waals surface area contributed by atoms with E-state index in [1.807, 2.05) is 6.07 Å². The van der Waals surface area contributed by atoms with Crippen LogP contribution in [-0.2, 0) is 9.53 Å². The summed E-state index contributed by atoms with van der Waals surface area (Å²) in [7, 11) is 1.52. The summed E-state index contributed by atoms with van der Waals surface area (Å²) >= 11 is 0. The Bertz CT molecular complexity index is 413. The molecular weight excluding hydrogens is 236 g/mol. The number of methoxy groups -OCH3 is 1. The fourth-order valence-electron chi connectivity index (χ4n) is 3.38. The topological polar surface area (TPSA) is 26.3 Å². The molecule has 0 saturated heterocycles. The maximum absolute atomic E-state index is 12.2. The van der Waals surface area contributed by atoms with Crippen molar-refractivity contribution in [2.75, 3.05) is 7.11 Å². The highest BCUT2D eigenvalue weighted by Gasteiger charge is 2.45. The zero-order valence-corrected chi connectivity index (χ0v) is 12.0. The first kappa shape index (κ1) is 14.1. The van der Waals surface area contributed by atoms with Crippen molar-refractivity contribution < 1.29 is 9.53 Å². The van der Waals surface area contributed by atoms with E-state index in [0.29, 0.717) is 5.92 Å². The third kappa shape index (κ3) is 2.99. The van der Waals surface area contributed by atoms with Crippen molar-refractivity contribution in [2.45, 2.75) is 51.4 Å². The van der Waals surface area contributed by atoms with Gasteiger partial charge in [-0.3, -0.25) is 4.79 Å². The van der Waals surface area contributed by atoms with Gasteiger partial charge in [-0.1, -0.05) is 50.1 Å². The van der Waals surface area contributed by atoms with E-state index in [9.17, 15) is 4.79 Å². The maximum Gasteiger partial charge on any atom is 0.311 e. The molecule has 2 nitrogen and oxygen atoms in total. The average Bonchev–Trinajstić information content (AvgIpc) is 2.91. The lowest BCUT2D eigenvalue weighted by Crippen LogP contribution is -2.29. The Labute approximate surface area is 116 Å². The van der Waals surface area contributed by atoms with E-state index in [4.69, 9.17) is 4.74 Å². The number of carbonyl (C=O) groups is 1. The van der Waals surface area contributed by atoms with Gasteiger partial charge < -0.3 is 4.74 Å². The van der Waals surface area contributed by atoms with Crippen LogP contribution in [0.4, 0.5) is 0 Å². The molecule has 0 N–H and O–H groups in total. The summed E-state index contributed by atoms with van der Waals surface area (Å²) < 4.78 is 5.08. The summed E-state index contributed by atoms with van der Waals surface area (Å²) in [6, 6.07) is 10.6. The van der Waals surface area contributed by atoms with Gasteiger partial charge in [0.05, 0.1) is 12.5 Å².